The van der Waals surface area contributed by atoms with Crippen molar-refractivity contribution in [1.82, 2.24) is 4.57 Å². The number of rotatable bonds is 4. The Labute approximate surface area is 114 Å². The molecule has 1 heterocycles. The number of amides is 1. The Morgan fingerprint density at radius 1 is 1.30 bits per heavy atom. The molecule has 104 valence electrons. The summed E-state index contributed by atoms with van der Waals surface area (Å²) in [6.07, 6.45) is 0. The predicted octanol–water partition coefficient (Wildman–Crippen LogP) is 1.68. The van der Waals surface area contributed by atoms with E-state index < -0.39 is 10.8 Å². The number of hydrogen-bond acceptors (Lipinski definition) is 4. The molecule has 0 saturated carbocycles. The number of aliphatic hydroxyl groups excluding tert-OH is 1. The number of benzene rings is 1. The first-order chi connectivity index (χ1) is 9.52. The SMILES string of the molecule is Cn1c(C(=O)Nc2ccc(CO)cc2)ccc1[N+](=O)[O-]. The van der Waals surface area contributed by atoms with Gasteiger partial charge in [0, 0.05) is 11.8 Å². The number of aliphatic hydroxyl groups is 1. The molecule has 0 radical (unpaired) electrons. The molecule has 0 aliphatic carbocycles. The van der Waals surface area contributed by atoms with Crippen molar-refractivity contribution < 1.29 is 14.8 Å². The van der Waals surface area contributed by atoms with Gasteiger partial charge in [-0.05, 0) is 28.7 Å². The highest BCUT2D eigenvalue weighted by Crippen LogP contribution is 2.17. The van der Waals surface area contributed by atoms with Crippen molar-refractivity contribution in [2.45, 2.75) is 6.61 Å². The fraction of sp³-hybridized carbons (Fsp3) is 0.154. The lowest BCUT2D eigenvalue weighted by Crippen LogP contribution is -2.16. The maximum atomic E-state index is 12.0. The van der Waals surface area contributed by atoms with E-state index in [0.29, 0.717) is 5.69 Å². The van der Waals surface area contributed by atoms with E-state index in [1.807, 2.05) is 0 Å². The predicted molar refractivity (Wildman–Crippen MR) is 72.4 cm³/mol. The van der Waals surface area contributed by atoms with Crippen LogP contribution in [0.15, 0.2) is 36.4 Å². The van der Waals surface area contributed by atoms with Crippen LogP contribution in [0.4, 0.5) is 11.5 Å². The summed E-state index contributed by atoms with van der Waals surface area (Å²) in [6.45, 7) is -0.0712. The summed E-state index contributed by atoms with van der Waals surface area (Å²) in [7, 11) is 1.46. The summed E-state index contributed by atoms with van der Waals surface area (Å²) in [6, 6.07) is 9.35. The van der Waals surface area contributed by atoms with E-state index in [4.69, 9.17) is 5.11 Å². The summed E-state index contributed by atoms with van der Waals surface area (Å²) in [5.74, 6) is -0.580. The minimum atomic E-state index is -0.549. The molecule has 1 aromatic heterocycles. The van der Waals surface area contributed by atoms with Gasteiger partial charge in [0.15, 0.2) is 5.69 Å². The molecule has 0 aliphatic rings. The number of aromatic nitrogens is 1. The van der Waals surface area contributed by atoms with Crippen molar-refractivity contribution in [2.75, 3.05) is 5.32 Å². The van der Waals surface area contributed by atoms with Crippen molar-refractivity contribution in [3.8, 4) is 0 Å². The third-order valence-corrected chi connectivity index (χ3v) is 2.91. The van der Waals surface area contributed by atoms with Crippen LogP contribution < -0.4 is 5.32 Å². The molecule has 2 rings (SSSR count). The van der Waals surface area contributed by atoms with Crippen LogP contribution in [0.25, 0.3) is 0 Å². The Hall–Kier alpha value is -2.67. The normalized spacial score (nSPS) is 10.3. The molecule has 0 atom stereocenters. The maximum Gasteiger partial charge on any atom is 0.323 e. The first-order valence-electron chi connectivity index (χ1n) is 5.84. The zero-order valence-corrected chi connectivity index (χ0v) is 10.7. The van der Waals surface area contributed by atoms with E-state index in [1.165, 1.54) is 23.7 Å². The lowest BCUT2D eigenvalue weighted by molar-refractivity contribution is -0.391. The van der Waals surface area contributed by atoms with E-state index in [9.17, 15) is 14.9 Å². The van der Waals surface area contributed by atoms with E-state index in [-0.39, 0.29) is 18.1 Å². The Kier molecular flexibility index (Phi) is 3.81. The number of anilines is 1. The maximum absolute atomic E-state index is 12.0. The molecule has 1 amide bonds. The standard InChI is InChI=1S/C13H13N3O4/c1-15-11(6-7-12(15)16(19)20)13(18)14-10-4-2-9(8-17)3-5-10/h2-7,17H,8H2,1H3,(H,14,18). The van der Waals surface area contributed by atoms with Crippen molar-refractivity contribution in [3.05, 3.63) is 57.8 Å². The smallest absolute Gasteiger partial charge is 0.323 e. The van der Waals surface area contributed by atoms with Crippen LogP contribution in [-0.4, -0.2) is 20.5 Å². The van der Waals surface area contributed by atoms with Gasteiger partial charge in [0.25, 0.3) is 5.91 Å². The van der Waals surface area contributed by atoms with E-state index in [2.05, 4.69) is 5.32 Å². The van der Waals surface area contributed by atoms with Gasteiger partial charge in [0.1, 0.15) is 0 Å². The Morgan fingerprint density at radius 3 is 2.45 bits per heavy atom. The zero-order valence-electron chi connectivity index (χ0n) is 10.7. The van der Waals surface area contributed by atoms with Crippen molar-refractivity contribution in [2.24, 2.45) is 7.05 Å². The molecule has 7 heteroatoms. The van der Waals surface area contributed by atoms with E-state index in [1.54, 1.807) is 24.3 Å². The Bertz CT molecular complexity index is 646. The summed E-state index contributed by atoms with van der Waals surface area (Å²) in [5.41, 5.74) is 1.48. The van der Waals surface area contributed by atoms with Gasteiger partial charge in [0.05, 0.1) is 13.7 Å². The minimum absolute atomic E-state index is 0.0712. The fourth-order valence-corrected chi connectivity index (χ4v) is 1.80. The summed E-state index contributed by atoms with van der Waals surface area (Å²) >= 11 is 0. The second-order valence-corrected chi connectivity index (χ2v) is 4.20. The van der Waals surface area contributed by atoms with Crippen LogP contribution in [0.5, 0.6) is 0 Å². The van der Waals surface area contributed by atoms with Crippen LogP contribution in [0.3, 0.4) is 0 Å². The fourth-order valence-electron chi connectivity index (χ4n) is 1.80. The molecule has 0 unspecified atom stereocenters. The molecule has 20 heavy (non-hydrogen) atoms. The van der Waals surface area contributed by atoms with Gasteiger partial charge in [-0.3, -0.25) is 4.79 Å². The summed E-state index contributed by atoms with van der Waals surface area (Å²) < 4.78 is 1.22. The van der Waals surface area contributed by atoms with Crippen LogP contribution in [0.1, 0.15) is 16.1 Å². The number of carbonyl (C=O) groups excluding carboxylic acids is 1. The van der Waals surface area contributed by atoms with Crippen molar-refractivity contribution in [3.63, 3.8) is 0 Å². The highest BCUT2D eigenvalue weighted by molar-refractivity contribution is 6.03. The minimum Gasteiger partial charge on any atom is -0.392 e. The lowest BCUT2D eigenvalue weighted by atomic mass is 10.2. The number of hydrogen-bond donors (Lipinski definition) is 2. The van der Waals surface area contributed by atoms with Gasteiger partial charge in [-0.15, -0.1) is 0 Å². The Morgan fingerprint density at radius 2 is 1.95 bits per heavy atom. The van der Waals surface area contributed by atoms with E-state index in [0.717, 1.165) is 5.56 Å². The third-order valence-electron chi connectivity index (χ3n) is 2.91. The van der Waals surface area contributed by atoms with Crippen molar-refractivity contribution >= 4 is 17.4 Å². The Balaban J connectivity index is 2.17. The summed E-state index contributed by atoms with van der Waals surface area (Å²) in [5, 5.41) is 22.3. The topological polar surface area (TPSA) is 97.4 Å². The highest BCUT2D eigenvalue weighted by atomic mass is 16.6. The number of nitrogens with zero attached hydrogens (tertiary/aromatic N) is 2. The van der Waals surface area contributed by atoms with Crippen LogP contribution in [-0.2, 0) is 13.7 Å². The van der Waals surface area contributed by atoms with Crippen molar-refractivity contribution in [1.29, 1.82) is 0 Å². The van der Waals surface area contributed by atoms with Gasteiger partial charge in [-0.1, -0.05) is 12.1 Å². The number of nitrogens with one attached hydrogen (secondary N) is 1. The molecule has 0 spiro atoms. The zero-order chi connectivity index (χ0) is 14.7. The van der Waals surface area contributed by atoms with Crippen LogP contribution in [0.2, 0.25) is 0 Å². The molecule has 1 aromatic carbocycles. The molecular formula is C13H13N3O4. The summed E-state index contributed by atoms with van der Waals surface area (Å²) in [4.78, 5) is 22.2. The average Bonchev–Trinajstić information content (AvgIpc) is 2.81. The lowest BCUT2D eigenvalue weighted by Gasteiger charge is -2.05. The molecule has 0 fully saturated rings. The second kappa shape index (κ2) is 5.54. The van der Waals surface area contributed by atoms with Gasteiger partial charge in [-0.25, -0.2) is 4.57 Å². The van der Waals surface area contributed by atoms with Gasteiger partial charge < -0.3 is 20.5 Å². The molecule has 0 aliphatic heterocycles. The molecule has 0 bridgehead atoms. The molecule has 2 aromatic rings. The average molecular weight is 275 g/mol. The largest absolute Gasteiger partial charge is 0.392 e. The van der Waals surface area contributed by atoms with Gasteiger partial charge >= 0.3 is 5.82 Å². The highest BCUT2D eigenvalue weighted by Gasteiger charge is 2.20. The molecule has 2 N–H and O–H groups in total. The second-order valence-electron chi connectivity index (χ2n) is 4.20. The number of carbonyl (C=O) groups is 1. The first-order valence-corrected chi connectivity index (χ1v) is 5.84. The molecular weight excluding hydrogens is 262 g/mol. The van der Waals surface area contributed by atoms with E-state index >= 15 is 0 Å². The quantitative estimate of drug-likeness (QED) is 0.655. The van der Waals surface area contributed by atoms with Gasteiger partial charge in [0.2, 0.25) is 0 Å². The van der Waals surface area contributed by atoms with Gasteiger partial charge in [-0.2, -0.15) is 0 Å². The number of nitro groups is 1. The monoisotopic (exact) mass is 275 g/mol. The van der Waals surface area contributed by atoms with Crippen LogP contribution in [0, 0.1) is 10.1 Å². The van der Waals surface area contributed by atoms with Crippen LogP contribution >= 0.6 is 0 Å². The molecule has 7 nitrogen and oxygen atoms in total. The first kappa shape index (κ1) is 13.8. The molecule has 0 saturated heterocycles. The third kappa shape index (κ3) is 2.67.